The van der Waals surface area contributed by atoms with Crippen molar-refractivity contribution < 1.29 is 0 Å². The molecule has 0 aliphatic carbocycles. The highest BCUT2D eigenvalue weighted by Crippen LogP contribution is 2.14. The number of rotatable bonds is 0. The van der Waals surface area contributed by atoms with Gasteiger partial charge in [-0.15, -0.1) is 8.19 Å². The lowest BCUT2D eigenvalue weighted by Crippen LogP contribution is -2.08. The topological polar surface area (TPSA) is 49.9 Å². The van der Waals surface area contributed by atoms with E-state index in [-0.39, 0.29) is 11.1 Å². The van der Waals surface area contributed by atoms with Crippen LogP contribution in [0.4, 0.5) is 0 Å². The molecule has 0 saturated heterocycles. The molecule has 2 aliphatic rings. The average Bonchev–Trinajstić information content (AvgIpc) is 2.35. The Labute approximate surface area is 44.8 Å². The molecule has 0 saturated carbocycles. The van der Waals surface area contributed by atoms with E-state index < -0.39 is 0 Å². The summed E-state index contributed by atoms with van der Waals surface area (Å²) in [5.74, 6) is 0. The molecule has 0 spiro atoms. The van der Waals surface area contributed by atoms with Gasteiger partial charge in [-0.1, -0.05) is 0 Å². The molecule has 0 radical (unpaired) electrons. The van der Waals surface area contributed by atoms with E-state index in [4.69, 9.17) is 0 Å². The Balaban J connectivity index is 3.39. The molecule has 0 aromatic carbocycles. The summed E-state index contributed by atoms with van der Waals surface area (Å²) in [6.45, 7) is 0. The first kappa shape index (κ1) is 4.10. The van der Waals surface area contributed by atoms with Crippen LogP contribution in [0.15, 0.2) is 9.59 Å². The van der Waals surface area contributed by atoms with Crippen LogP contribution in [0, 0.1) is 9.90 Å². The average molecular weight is 127 g/mol. The van der Waals surface area contributed by atoms with E-state index >= 15 is 0 Å². The van der Waals surface area contributed by atoms with E-state index in [0.717, 1.165) is 9.90 Å². The highest BCUT2D eigenvalue weighted by molar-refractivity contribution is 7.34. The number of nitrogens with one attached hydrogen (secondary N) is 1. The molecule has 0 amide bonds. The molecule has 0 bridgehead atoms. The van der Waals surface area contributed by atoms with Crippen molar-refractivity contribution >= 4 is 8.19 Å². The summed E-state index contributed by atoms with van der Waals surface area (Å²) in [6, 6.07) is 0. The smallest absolute Gasteiger partial charge is 0.263 e. The van der Waals surface area contributed by atoms with Crippen molar-refractivity contribution in [3.05, 3.63) is 30.6 Å². The summed E-state index contributed by atoms with van der Waals surface area (Å²) in [6.07, 6.45) is 0. The monoisotopic (exact) mass is 127 g/mol. The normalized spacial score (nSPS) is 11.5. The first-order valence-corrected chi connectivity index (χ1v) is 3.16. The van der Waals surface area contributed by atoms with Crippen LogP contribution in [-0.4, -0.2) is 4.98 Å². The van der Waals surface area contributed by atoms with Crippen LogP contribution in [0.1, 0.15) is 0 Å². The zero-order valence-electron chi connectivity index (χ0n) is 3.82. The van der Waals surface area contributed by atoms with Gasteiger partial charge in [0, 0.05) is 0 Å². The maximum atomic E-state index is 10.4. The molecular weight excluding hydrogens is 125 g/mol. The predicted octanol–water partition coefficient (Wildman–Crippen LogP) is -0.633. The maximum absolute atomic E-state index is 10.4. The van der Waals surface area contributed by atoms with Crippen LogP contribution in [0.25, 0.3) is 0 Å². The van der Waals surface area contributed by atoms with Gasteiger partial charge in [0.2, 0.25) is 0 Å². The van der Waals surface area contributed by atoms with E-state index in [0.29, 0.717) is 8.19 Å². The van der Waals surface area contributed by atoms with Gasteiger partial charge in [0.25, 0.3) is 11.1 Å². The first-order chi connectivity index (χ1) is 3.79. The van der Waals surface area contributed by atoms with Gasteiger partial charge in [0.05, 0.1) is 9.90 Å². The fraction of sp³-hybridized carbons (Fsp3) is 0. The van der Waals surface area contributed by atoms with Gasteiger partial charge in [-0.2, -0.15) is 0 Å². The summed E-state index contributed by atoms with van der Waals surface area (Å²) >= 11 is 0. The Bertz CT molecular complexity index is 389. The highest BCUT2D eigenvalue weighted by Gasteiger charge is 2.06. The van der Waals surface area contributed by atoms with Crippen molar-refractivity contribution in [2.24, 2.45) is 0 Å². The second-order valence-corrected chi connectivity index (χ2v) is 2.91. The fourth-order valence-corrected chi connectivity index (χ4v) is 1.43. The molecular formula is C4H2NO2P. The Kier molecular flexibility index (Phi) is 0.489. The van der Waals surface area contributed by atoms with Crippen molar-refractivity contribution in [1.82, 2.24) is 4.98 Å². The van der Waals surface area contributed by atoms with Crippen LogP contribution in [0.2, 0.25) is 0 Å². The minimum Gasteiger partial charge on any atom is -0.288 e. The molecule has 0 aromatic heterocycles. The van der Waals surface area contributed by atoms with E-state index in [1.807, 2.05) is 0 Å². The molecule has 1 N–H and O–H groups in total. The molecule has 40 valence electrons. The molecule has 2 aliphatic heterocycles. The number of hydrogen-bond donors (Lipinski definition) is 1. The molecule has 0 aromatic rings. The largest absolute Gasteiger partial charge is 0.288 e. The number of H-pyrrole nitrogens is 1. The van der Waals surface area contributed by atoms with Gasteiger partial charge in [-0.25, -0.2) is 0 Å². The predicted molar refractivity (Wildman–Crippen MR) is 30.5 cm³/mol. The maximum Gasteiger partial charge on any atom is 0.263 e. The number of hydrogen-bond acceptors (Lipinski definition) is 2. The van der Waals surface area contributed by atoms with Gasteiger partial charge in [0.15, 0.2) is 0 Å². The van der Waals surface area contributed by atoms with Gasteiger partial charge in [-0.05, 0) is 0 Å². The summed E-state index contributed by atoms with van der Waals surface area (Å²) in [7, 11) is 0.417. The van der Waals surface area contributed by atoms with Crippen molar-refractivity contribution in [3.8, 4) is 0 Å². The van der Waals surface area contributed by atoms with Crippen LogP contribution in [-0.2, 0) is 0 Å². The fourth-order valence-electron chi connectivity index (χ4n) is 0.662. The lowest BCUT2D eigenvalue weighted by Gasteiger charge is -1.59. The first-order valence-electron chi connectivity index (χ1n) is 2.16. The molecule has 0 atom stereocenters. The van der Waals surface area contributed by atoms with E-state index in [2.05, 4.69) is 4.98 Å². The Morgan fingerprint density at radius 2 is 1.62 bits per heavy atom. The van der Waals surface area contributed by atoms with Crippen molar-refractivity contribution in [1.29, 1.82) is 0 Å². The van der Waals surface area contributed by atoms with Crippen molar-refractivity contribution in [2.45, 2.75) is 0 Å². The molecule has 0 unspecified atom stereocenters. The third kappa shape index (κ3) is 0.307. The Morgan fingerprint density at radius 3 is 1.75 bits per heavy atom. The zero-order chi connectivity index (χ0) is 5.72. The molecule has 0 fully saturated rings. The molecule has 3 nitrogen and oxygen atoms in total. The lowest BCUT2D eigenvalue weighted by atomic mass is 10.7. The number of aromatic amines is 1. The third-order valence-electron chi connectivity index (χ3n) is 1.12. The minimum absolute atomic E-state index is 0.177. The Morgan fingerprint density at radius 1 is 1.12 bits per heavy atom. The summed E-state index contributed by atoms with van der Waals surface area (Å²) < 4.78 is 0. The third-order valence-corrected chi connectivity index (χ3v) is 2.32. The molecule has 2 heterocycles. The van der Waals surface area contributed by atoms with Crippen molar-refractivity contribution in [3.63, 3.8) is 0 Å². The van der Waals surface area contributed by atoms with E-state index in [1.165, 1.54) is 0 Å². The summed E-state index contributed by atoms with van der Waals surface area (Å²) in [5, 5.41) is 0. The van der Waals surface area contributed by atoms with Gasteiger partial charge < -0.3 is 0 Å². The van der Waals surface area contributed by atoms with Crippen LogP contribution >= 0.6 is 8.19 Å². The quantitative estimate of drug-likeness (QED) is 0.512. The number of aromatic nitrogens is 1. The zero-order valence-corrected chi connectivity index (χ0v) is 4.82. The van der Waals surface area contributed by atoms with E-state index in [1.54, 1.807) is 0 Å². The van der Waals surface area contributed by atoms with Crippen LogP contribution in [0.3, 0.4) is 0 Å². The second-order valence-electron chi connectivity index (χ2n) is 1.66. The minimum atomic E-state index is -0.177. The SMILES string of the molecule is O=c1[nH]c(=O)c2[pH]c1=2. The highest BCUT2D eigenvalue weighted by atomic mass is 31.0. The van der Waals surface area contributed by atoms with Gasteiger partial charge >= 0.3 is 0 Å². The van der Waals surface area contributed by atoms with Crippen LogP contribution in [0.5, 0.6) is 0 Å². The van der Waals surface area contributed by atoms with E-state index in [9.17, 15) is 9.59 Å². The van der Waals surface area contributed by atoms with Crippen LogP contribution < -0.4 is 11.1 Å². The van der Waals surface area contributed by atoms with Gasteiger partial charge in [-0.3, -0.25) is 14.6 Å². The summed E-state index contributed by atoms with van der Waals surface area (Å²) in [4.78, 5) is 24.5. The van der Waals surface area contributed by atoms with Gasteiger partial charge in [0.1, 0.15) is 0 Å². The second kappa shape index (κ2) is 0.955. The van der Waals surface area contributed by atoms with Crippen molar-refractivity contribution in [2.75, 3.05) is 0 Å². The Hall–Kier alpha value is -0.820. The lowest BCUT2D eigenvalue weighted by molar-refractivity contribution is 1.23. The molecule has 8 heavy (non-hydrogen) atoms. The summed E-state index contributed by atoms with van der Waals surface area (Å²) in [5.41, 5.74) is -0.355. The molecule has 4 heteroatoms. The molecule has 2 rings (SSSR count). The standard InChI is InChI=1S/C4H2NO2P/c6-3-1-2(8-1)4(7)5-3/h8H,(H,5,6,7).